The van der Waals surface area contributed by atoms with Crippen LogP contribution in [0.25, 0.3) is 0 Å². The SMILES string of the molecule is Cc1ccncc1NC(=O)C1CCC(C(=O)O)C1. The van der Waals surface area contributed by atoms with Crippen LogP contribution in [0.2, 0.25) is 0 Å². The second-order valence-electron chi connectivity index (χ2n) is 4.72. The van der Waals surface area contributed by atoms with Crippen molar-refractivity contribution in [2.75, 3.05) is 5.32 Å². The third kappa shape index (κ3) is 2.67. The number of anilines is 1. The molecular formula is C13H16N2O3. The minimum absolute atomic E-state index is 0.102. The Morgan fingerprint density at radius 3 is 2.72 bits per heavy atom. The van der Waals surface area contributed by atoms with E-state index in [1.54, 1.807) is 12.4 Å². The zero-order valence-electron chi connectivity index (χ0n) is 10.2. The third-order valence-corrected chi connectivity index (χ3v) is 3.45. The van der Waals surface area contributed by atoms with Gasteiger partial charge in [0, 0.05) is 12.1 Å². The molecule has 2 atom stereocenters. The summed E-state index contributed by atoms with van der Waals surface area (Å²) in [4.78, 5) is 26.8. The maximum Gasteiger partial charge on any atom is 0.306 e. The molecule has 1 heterocycles. The number of rotatable bonds is 3. The molecule has 1 aromatic rings. The zero-order chi connectivity index (χ0) is 13.1. The fourth-order valence-corrected chi connectivity index (χ4v) is 2.27. The van der Waals surface area contributed by atoms with Gasteiger partial charge in [-0.1, -0.05) is 0 Å². The van der Waals surface area contributed by atoms with Crippen LogP contribution in [0.1, 0.15) is 24.8 Å². The fourth-order valence-electron chi connectivity index (χ4n) is 2.27. The monoisotopic (exact) mass is 248 g/mol. The van der Waals surface area contributed by atoms with E-state index >= 15 is 0 Å². The Morgan fingerprint density at radius 1 is 1.39 bits per heavy atom. The Labute approximate surface area is 105 Å². The predicted molar refractivity (Wildman–Crippen MR) is 66.1 cm³/mol. The summed E-state index contributed by atoms with van der Waals surface area (Å²) in [5, 5.41) is 11.7. The summed E-state index contributed by atoms with van der Waals surface area (Å²) in [5.41, 5.74) is 1.65. The van der Waals surface area contributed by atoms with Crippen molar-refractivity contribution in [3.8, 4) is 0 Å². The Hall–Kier alpha value is -1.91. The van der Waals surface area contributed by atoms with Crippen LogP contribution >= 0.6 is 0 Å². The highest BCUT2D eigenvalue weighted by molar-refractivity contribution is 5.93. The maximum absolute atomic E-state index is 12.0. The highest BCUT2D eigenvalue weighted by Crippen LogP contribution is 2.32. The molecule has 0 bridgehead atoms. The van der Waals surface area contributed by atoms with Crippen molar-refractivity contribution in [3.63, 3.8) is 0 Å². The molecule has 0 spiro atoms. The molecule has 1 aromatic heterocycles. The molecule has 1 fully saturated rings. The van der Waals surface area contributed by atoms with E-state index in [9.17, 15) is 9.59 Å². The molecule has 1 saturated carbocycles. The lowest BCUT2D eigenvalue weighted by Crippen LogP contribution is -2.22. The van der Waals surface area contributed by atoms with Gasteiger partial charge in [0.1, 0.15) is 0 Å². The van der Waals surface area contributed by atoms with Crippen LogP contribution in [-0.2, 0) is 9.59 Å². The highest BCUT2D eigenvalue weighted by Gasteiger charge is 2.33. The maximum atomic E-state index is 12.0. The molecule has 1 aliphatic carbocycles. The van der Waals surface area contributed by atoms with Gasteiger partial charge in [0.2, 0.25) is 5.91 Å². The number of aromatic nitrogens is 1. The first kappa shape index (κ1) is 12.5. The molecule has 0 radical (unpaired) electrons. The predicted octanol–water partition coefficient (Wildman–Crippen LogP) is 1.83. The molecule has 96 valence electrons. The van der Waals surface area contributed by atoms with E-state index in [1.165, 1.54) is 0 Å². The molecule has 2 unspecified atom stereocenters. The van der Waals surface area contributed by atoms with E-state index in [2.05, 4.69) is 10.3 Å². The van der Waals surface area contributed by atoms with Gasteiger partial charge in [-0.25, -0.2) is 0 Å². The summed E-state index contributed by atoms with van der Waals surface area (Å²) in [6.45, 7) is 1.89. The third-order valence-electron chi connectivity index (χ3n) is 3.45. The van der Waals surface area contributed by atoms with Crippen molar-refractivity contribution in [2.45, 2.75) is 26.2 Å². The first-order chi connectivity index (χ1) is 8.58. The molecule has 5 heteroatoms. The molecule has 1 amide bonds. The number of aryl methyl sites for hydroxylation is 1. The van der Waals surface area contributed by atoms with E-state index in [4.69, 9.17) is 5.11 Å². The standard InChI is InChI=1S/C13H16N2O3/c1-8-4-5-14-7-11(8)15-12(16)9-2-3-10(6-9)13(17)18/h4-5,7,9-10H,2-3,6H2,1H3,(H,15,16)(H,17,18). The summed E-state index contributed by atoms with van der Waals surface area (Å²) in [5.74, 6) is -1.49. The van der Waals surface area contributed by atoms with Crippen molar-refractivity contribution in [2.24, 2.45) is 11.8 Å². The number of carbonyl (C=O) groups is 2. The van der Waals surface area contributed by atoms with Gasteiger partial charge in [0.25, 0.3) is 0 Å². The smallest absolute Gasteiger partial charge is 0.306 e. The quantitative estimate of drug-likeness (QED) is 0.855. The lowest BCUT2D eigenvalue weighted by molar-refractivity contribution is -0.141. The molecule has 5 nitrogen and oxygen atoms in total. The first-order valence-corrected chi connectivity index (χ1v) is 6.02. The van der Waals surface area contributed by atoms with Crippen LogP contribution in [0.3, 0.4) is 0 Å². The highest BCUT2D eigenvalue weighted by atomic mass is 16.4. The van der Waals surface area contributed by atoms with Crippen LogP contribution in [0.4, 0.5) is 5.69 Å². The van der Waals surface area contributed by atoms with Gasteiger partial charge < -0.3 is 10.4 Å². The average molecular weight is 248 g/mol. The van der Waals surface area contributed by atoms with Crippen LogP contribution in [0, 0.1) is 18.8 Å². The molecule has 0 saturated heterocycles. The van der Waals surface area contributed by atoms with Crippen molar-refractivity contribution in [1.29, 1.82) is 0 Å². The van der Waals surface area contributed by atoms with Crippen LogP contribution in [0.15, 0.2) is 18.5 Å². The molecular weight excluding hydrogens is 232 g/mol. The van der Waals surface area contributed by atoms with Gasteiger partial charge in [0.15, 0.2) is 0 Å². The molecule has 18 heavy (non-hydrogen) atoms. The number of hydrogen-bond donors (Lipinski definition) is 2. The summed E-state index contributed by atoms with van der Waals surface area (Å²) < 4.78 is 0. The van der Waals surface area contributed by atoms with Gasteiger partial charge in [-0.15, -0.1) is 0 Å². The topological polar surface area (TPSA) is 79.3 Å². The lowest BCUT2D eigenvalue weighted by atomic mass is 10.0. The molecule has 0 aromatic carbocycles. The fraction of sp³-hybridized carbons (Fsp3) is 0.462. The Balaban J connectivity index is 1.98. The van der Waals surface area contributed by atoms with Crippen molar-refractivity contribution < 1.29 is 14.7 Å². The Morgan fingerprint density at radius 2 is 2.11 bits per heavy atom. The van der Waals surface area contributed by atoms with Crippen molar-refractivity contribution in [3.05, 3.63) is 24.0 Å². The van der Waals surface area contributed by atoms with Gasteiger partial charge in [0.05, 0.1) is 17.8 Å². The minimum atomic E-state index is -0.803. The first-order valence-electron chi connectivity index (χ1n) is 6.02. The molecule has 2 rings (SSSR count). The van der Waals surface area contributed by atoms with Gasteiger partial charge in [-0.3, -0.25) is 14.6 Å². The summed E-state index contributed by atoms with van der Waals surface area (Å²) in [6.07, 6.45) is 4.93. The number of pyridine rings is 1. The van der Waals surface area contributed by atoms with Crippen LogP contribution < -0.4 is 5.32 Å². The number of hydrogen-bond acceptors (Lipinski definition) is 3. The summed E-state index contributed by atoms with van der Waals surface area (Å²) in [6, 6.07) is 1.82. The van der Waals surface area contributed by atoms with Gasteiger partial charge in [-0.2, -0.15) is 0 Å². The number of carbonyl (C=O) groups excluding carboxylic acids is 1. The number of carboxylic acid groups (broad SMARTS) is 1. The second kappa shape index (κ2) is 5.16. The lowest BCUT2D eigenvalue weighted by Gasteiger charge is -2.12. The van der Waals surface area contributed by atoms with Crippen LogP contribution in [-0.4, -0.2) is 22.0 Å². The van der Waals surface area contributed by atoms with Crippen molar-refractivity contribution >= 4 is 17.6 Å². The van der Waals surface area contributed by atoms with Gasteiger partial charge >= 0.3 is 5.97 Å². The summed E-state index contributed by atoms with van der Waals surface area (Å²) in [7, 11) is 0. The molecule has 1 aliphatic rings. The van der Waals surface area contributed by atoms with Gasteiger partial charge in [-0.05, 0) is 37.8 Å². The summed E-state index contributed by atoms with van der Waals surface area (Å²) >= 11 is 0. The largest absolute Gasteiger partial charge is 0.481 e. The number of amides is 1. The Kier molecular flexibility index (Phi) is 3.60. The number of aliphatic carboxylic acids is 1. The minimum Gasteiger partial charge on any atom is -0.481 e. The van der Waals surface area contributed by atoms with Crippen molar-refractivity contribution in [1.82, 2.24) is 4.98 Å². The molecule has 2 N–H and O–H groups in total. The second-order valence-corrected chi connectivity index (χ2v) is 4.72. The number of nitrogens with zero attached hydrogens (tertiary/aromatic N) is 1. The van der Waals surface area contributed by atoms with E-state index in [0.717, 1.165) is 5.56 Å². The van der Waals surface area contributed by atoms with E-state index in [-0.39, 0.29) is 17.7 Å². The zero-order valence-corrected chi connectivity index (χ0v) is 10.2. The Bertz CT molecular complexity index is 473. The van der Waals surface area contributed by atoms with Crippen LogP contribution in [0.5, 0.6) is 0 Å². The normalized spacial score (nSPS) is 22.7. The van der Waals surface area contributed by atoms with E-state index in [0.29, 0.717) is 24.9 Å². The number of nitrogens with one attached hydrogen (secondary N) is 1. The van der Waals surface area contributed by atoms with E-state index < -0.39 is 5.97 Å². The van der Waals surface area contributed by atoms with E-state index in [1.807, 2.05) is 13.0 Å². The number of carboxylic acids is 1. The average Bonchev–Trinajstić information content (AvgIpc) is 2.81. The molecule has 0 aliphatic heterocycles.